The Morgan fingerprint density at radius 3 is 2.48 bits per heavy atom. The van der Waals surface area contributed by atoms with Gasteiger partial charge in [0.05, 0.1) is 22.6 Å². The molecule has 1 fully saturated rings. The molecule has 0 N–H and O–H groups in total. The lowest BCUT2D eigenvalue weighted by Crippen LogP contribution is -2.49. The van der Waals surface area contributed by atoms with E-state index in [1.54, 1.807) is 35.2 Å². The minimum atomic E-state index is -0.449. The largest absolute Gasteiger partial charge is 0.496 e. The zero-order chi connectivity index (χ0) is 19.6. The number of carbonyl (C=O) groups excluding carboxylic acids is 1. The van der Waals surface area contributed by atoms with Crippen LogP contribution in [-0.2, 0) is 0 Å². The summed E-state index contributed by atoms with van der Waals surface area (Å²) in [5.74, 6) is 0.260. The number of para-hydroxylation sites is 1. The molecule has 7 nitrogen and oxygen atoms in total. The molecule has 1 aliphatic rings. The predicted molar refractivity (Wildman–Crippen MR) is 104 cm³/mol. The average Bonchev–Trinajstić information content (AvgIpc) is 2.67. The Morgan fingerprint density at radius 2 is 1.85 bits per heavy atom. The smallest absolute Gasteiger partial charge is 0.294 e. The van der Waals surface area contributed by atoms with E-state index in [9.17, 15) is 14.9 Å². The van der Waals surface area contributed by atoms with Crippen molar-refractivity contribution in [3.63, 3.8) is 0 Å². The van der Waals surface area contributed by atoms with Crippen molar-refractivity contribution >= 4 is 40.5 Å². The summed E-state index contributed by atoms with van der Waals surface area (Å²) >= 11 is 12.2. The Kier molecular flexibility index (Phi) is 5.72. The third-order valence-corrected chi connectivity index (χ3v) is 4.98. The summed E-state index contributed by atoms with van der Waals surface area (Å²) in [5, 5.41) is 12.1. The first-order valence-corrected chi connectivity index (χ1v) is 8.98. The van der Waals surface area contributed by atoms with E-state index in [0.717, 1.165) is 0 Å². The van der Waals surface area contributed by atoms with Gasteiger partial charge >= 0.3 is 0 Å². The first kappa shape index (κ1) is 19.3. The molecular weight excluding hydrogens is 393 g/mol. The molecule has 2 aromatic rings. The number of hydrogen-bond donors (Lipinski definition) is 0. The van der Waals surface area contributed by atoms with Crippen LogP contribution >= 0.6 is 23.2 Å². The van der Waals surface area contributed by atoms with Gasteiger partial charge in [-0.05, 0) is 24.3 Å². The number of amides is 1. The normalized spacial score (nSPS) is 14.2. The zero-order valence-corrected chi connectivity index (χ0v) is 16.0. The molecule has 1 aliphatic heterocycles. The number of methoxy groups -OCH3 is 1. The molecule has 0 atom stereocenters. The minimum absolute atomic E-state index is 0.0428. The van der Waals surface area contributed by atoms with E-state index < -0.39 is 4.92 Å². The van der Waals surface area contributed by atoms with E-state index in [0.29, 0.717) is 53.2 Å². The first-order chi connectivity index (χ1) is 12.9. The molecule has 0 bridgehead atoms. The second kappa shape index (κ2) is 8.02. The van der Waals surface area contributed by atoms with E-state index >= 15 is 0 Å². The van der Waals surface area contributed by atoms with Crippen molar-refractivity contribution < 1.29 is 14.5 Å². The van der Waals surface area contributed by atoms with Crippen molar-refractivity contribution in [2.24, 2.45) is 0 Å². The van der Waals surface area contributed by atoms with Crippen molar-refractivity contribution in [3.8, 4) is 5.75 Å². The van der Waals surface area contributed by atoms with Crippen LogP contribution in [0.5, 0.6) is 5.75 Å². The summed E-state index contributed by atoms with van der Waals surface area (Å²) in [7, 11) is 1.49. The number of piperazine rings is 1. The summed E-state index contributed by atoms with van der Waals surface area (Å²) in [5.41, 5.74) is 0.734. The Morgan fingerprint density at radius 1 is 1.15 bits per heavy atom. The molecule has 3 rings (SSSR count). The van der Waals surface area contributed by atoms with E-state index in [-0.39, 0.29) is 11.6 Å². The van der Waals surface area contributed by atoms with E-state index in [4.69, 9.17) is 27.9 Å². The van der Waals surface area contributed by atoms with Gasteiger partial charge < -0.3 is 14.5 Å². The van der Waals surface area contributed by atoms with Crippen LogP contribution in [-0.4, -0.2) is 49.0 Å². The summed E-state index contributed by atoms with van der Waals surface area (Å²) in [6.45, 7) is 1.66. The van der Waals surface area contributed by atoms with Gasteiger partial charge in [0.25, 0.3) is 11.6 Å². The number of carbonyl (C=O) groups is 1. The van der Waals surface area contributed by atoms with Gasteiger partial charge in [0.15, 0.2) is 0 Å². The van der Waals surface area contributed by atoms with Crippen LogP contribution in [0.4, 0.5) is 11.4 Å². The van der Waals surface area contributed by atoms with E-state index in [1.165, 1.54) is 13.2 Å². The van der Waals surface area contributed by atoms with Gasteiger partial charge in [0.2, 0.25) is 0 Å². The third kappa shape index (κ3) is 3.94. The zero-order valence-electron chi connectivity index (χ0n) is 14.5. The van der Waals surface area contributed by atoms with Gasteiger partial charge in [-0.3, -0.25) is 14.9 Å². The summed E-state index contributed by atoms with van der Waals surface area (Å²) in [4.78, 5) is 27.2. The lowest BCUT2D eigenvalue weighted by atomic mass is 10.1. The fourth-order valence-corrected chi connectivity index (χ4v) is 3.58. The number of hydrogen-bond acceptors (Lipinski definition) is 5. The molecule has 2 aromatic carbocycles. The summed E-state index contributed by atoms with van der Waals surface area (Å²) < 4.78 is 5.25. The maximum atomic E-state index is 12.9. The van der Waals surface area contributed by atoms with Crippen molar-refractivity contribution in [2.45, 2.75) is 0 Å². The highest BCUT2D eigenvalue weighted by molar-refractivity contribution is 6.33. The van der Waals surface area contributed by atoms with Gasteiger partial charge in [-0.15, -0.1) is 0 Å². The molecule has 0 saturated carbocycles. The lowest BCUT2D eigenvalue weighted by Gasteiger charge is -2.36. The summed E-state index contributed by atoms with van der Waals surface area (Å²) in [6, 6.07) is 9.49. The van der Waals surface area contributed by atoms with Crippen molar-refractivity contribution in [2.75, 3.05) is 38.2 Å². The van der Waals surface area contributed by atoms with E-state index in [1.807, 2.05) is 4.90 Å². The van der Waals surface area contributed by atoms with Gasteiger partial charge in [-0.2, -0.15) is 0 Å². The predicted octanol–water partition coefficient (Wildman–Crippen LogP) is 3.87. The second-order valence-electron chi connectivity index (χ2n) is 5.99. The Bertz CT molecular complexity index is 883. The fraction of sp³-hybridized carbons (Fsp3) is 0.278. The Labute approximate surface area is 166 Å². The van der Waals surface area contributed by atoms with Crippen molar-refractivity contribution in [3.05, 3.63) is 62.1 Å². The highest BCUT2D eigenvalue weighted by Crippen LogP contribution is 2.36. The van der Waals surface area contributed by atoms with Crippen molar-refractivity contribution in [1.82, 2.24) is 4.90 Å². The maximum absolute atomic E-state index is 12.9. The molecule has 1 saturated heterocycles. The van der Waals surface area contributed by atoms with Crippen LogP contribution in [0.25, 0.3) is 0 Å². The molecule has 1 amide bonds. The van der Waals surface area contributed by atoms with Crippen molar-refractivity contribution in [1.29, 1.82) is 0 Å². The molecule has 0 spiro atoms. The Hall–Kier alpha value is -2.51. The van der Waals surface area contributed by atoms with Gasteiger partial charge in [-0.25, -0.2) is 0 Å². The number of nitro groups is 1. The highest BCUT2D eigenvalue weighted by atomic mass is 35.5. The SMILES string of the molecule is COc1ccc(Cl)cc1C(=O)N1CCN(c2c(Cl)cccc2[N+](=O)[O-])CC1. The quantitative estimate of drug-likeness (QED) is 0.565. The van der Waals surface area contributed by atoms with Crippen LogP contribution in [0.15, 0.2) is 36.4 Å². The van der Waals surface area contributed by atoms with Crippen LogP contribution < -0.4 is 9.64 Å². The average molecular weight is 410 g/mol. The van der Waals surface area contributed by atoms with Gasteiger partial charge in [-0.1, -0.05) is 29.3 Å². The second-order valence-corrected chi connectivity index (χ2v) is 6.83. The number of rotatable bonds is 4. The Balaban J connectivity index is 1.78. The van der Waals surface area contributed by atoms with Crippen LogP contribution in [0.1, 0.15) is 10.4 Å². The highest BCUT2D eigenvalue weighted by Gasteiger charge is 2.29. The number of nitrogens with zero attached hydrogens (tertiary/aromatic N) is 3. The van der Waals surface area contributed by atoms with Gasteiger partial charge in [0.1, 0.15) is 11.4 Å². The molecular formula is C18H17Cl2N3O4. The lowest BCUT2D eigenvalue weighted by molar-refractivity contribution is -0.384. The van der Waals surface area contributed by atoms with E-state index in [2.05, 4.69) is 0 Å². The van der Waals surface area contributed by atoms with Crippen LogP contribution in [0.2, 0.25) is 10.0 Å². The molecule has 9 heteroatoms. The topological polar surface area (TPSA) is 75.9 Å². The standard InChI is InChI=1S/C18H17Cl2N3O4/c1-27-16-6-5-12(19)11-13(16)18(24)22-9-7-21(8-10-22)17-14(20)3-2-4-15(17)23(25)26/h2-6,11H,7-10H2,1H3. The monoisotopic (exact) mass is 409 g/mol. The fourth-order valence-electron chi connectivity index (χ4n) is 3.12. The number of ether oxygens (including phenoxy) is 1. The minimum Gasteiger partial charge on any atom is -0.496 e. The maximum Gasteiger partial charge on any atom is 0.294 e. The molecule has 142 valence electrons. The third-order valence-electron chi connectivity index (χ3n) is 4.44. The molecule has 0 aromatic heterocycles. The number of nitro benzene ring substituents is 1. The van der Waals surface area contributed by atoms with Gasteiger partial charge in [0, 0.05) is 37.3 Å². The molecule has 0 radical (unpaired) electrons. The number of halogens is 2. The molecule has 0 aliphatic carbocycles. The summed E-state index contributed by atoms with van der Waals surface area (Å²) in [6.07, 6.45) is 0. The molecule has 1 heterocycles. The molecule has 0 unspecified atom stereocenters. The first-order valence-electron chi connectivity index (χ1n) is 8.23. The van der Waals surface area contributed by atoms with Crippen LogP contribution in [0, 0.1) is 10.1 Å². The van der Waals surface area contributed by atoms with Crippen LogP contribution in [0.3, 0.4) is 0 Å². The molecule has 27 heavy (non-hydrogen) atoms. The number of anilines is 1. The number of benzene rings is 2.